The minimum Gasteiger partial charge on any atom is -0.493 e. The lowest BCUT2D eigenvalue weighted by Crippen LogP contribution is -2.30. The van der Waals surface area contributed by atoms with Crippen molar-refractivity contribution in [3.63, 3.8) is 0 Å². The van der Waals surface area contributed by atoms with E-state index in [0.717, 1.165) is 24.2 Å². The highest BCUT2D eigenvalue weighted by atomic mass is 16.5. The number of nitrogens with one attached hydrogen (secondary N) is 1. The standard InChI is InChI=1S/C23H31N3O4/c1-14(2)13-29-18-10-6-16(12-19(18)28-5)7-11-20(27)24-21(15(3)4)23-25-22(26-30-23)17-8-9-17/h6-7,10-12,14-15,17,21H,8-9,13H2,1-5H3,(H,24,27)/b11-7+. The van der Waals surface area contributed by atoms with E-state index in [1.807, 2.05) is 32.0 Å². The number of aromatic nitrogens is 2. The van der Waals surface area contributed by atoms with E-state index in [1.54, 1.807) is 13.2 Å². The third-order valence-corrected chi connectivity index (χ3v) is 4.82. The number of carbonyl (C=O) groups is 1. The predicted molar refractivity (Wildman–Crippen MR) is 114 cm³/mol. The maximum Gasteiger partial charge on any atom is 0.249 e. The molecule has 0 radical (unpaired) electrons. The first-order chi connectivity index (χ1) is 14.4. The van der Waals surface area contributed by atoms with Gasteiger partial charge >= 0.3 is 0 Å². The Balaban J connectivity index is 1.64. The first kappa shape index (κ1) is 21.9. The lowest BCUT2D eigenvalue weighted by Gasteiger charge is -2.17. The molecule has 1 aromatic carbocycles. The molecule has 7 heteroatoms. The van der Waals surface area contributed by atoms with Gasteiger partial charge in [0.25, 0.3) is 0 Å². The van der Waals surface area contributed by atoms with Crippen LogP contribution >= 0.6 is 0 Å². The van der Waals surface area contributed by atoms with Crippen molar-refractivity contribution >= 4 is 12.0 Å². The Kier molecular flexibility index (Phi) is 7.13. The molecule has 0 aliphatic heterocycles. The molecule has 1 fully saturated rings. The number of methoxy groups -OCH3 is 1. The van der Waals surface area contributed by atoms with E-state index in [4.69, 9.17) is 14.0 Å². The van der Waals surface area contributed by atoms with Gasteiger partial charge in [-0.05, 0) is 48.4 Å². The summed E-state index contributed by atoms with van der Waals surface area (Å²) in [5, 5.41) is 7.02. The van der Waals surface area contributed by atoms with E-state index in [0.29, 0.717) is 35.8 Å². The van der Waals surface area contributed by atoms with Gasteiger partial charge in [0, 0.05) is 12.0 Å². The highest BCUT2D eigenvalue weighted by Gasteiger charge is 2.31. The summed E-state index contributed by atoms with van der Waals surface area (Å²) in [6, 6.07) is 5.26. The van der Waals surface area contributed by atoms with Crippen molar-refractivity contribution in [3.05, 3.63) is 41.6 Å². The Bertz CT molecular complexity index is 884. The lowest BCUT2D eigenvalue weighted by atomic mass is 10.0. The lowest BCUT2D eigenvalue weighted by molar-refractivity contribution is -0.117. The van der Waals surface area contributed by atoms with Crippen molar-refractivity contribution < 1.29 is 18.8 Å². The largest absolute Gasteiger partial charge is 0.493 e. The van der Waals surface area contributed by atoms with Crippen molar-refractivity contribution in [2.45, 2.75) is 52.5 Å². The van der Waals surface area contributed by atoms with Gasteiger partial charge in [0.15, 0.2) is 17.3 Å². The maximum absolute atomic E-state index is 12.5. The van der Waals surface area contributed by atoms with E-state index in [1.165, 1.54) is 6.08 Å². The molecular weight excluding hydrogens is 382 g/mol. The number of nitrogens with zero attached hydrogens (tertiary/aromatic N) is 2. The normalized spacial score (nSPS) is 15.0. The highest BCUT2D eigenvalue weighted by molar-refractivity contribution is 5.92. The van der Waals surface area contributed by atoms with Crippen LogP contribution in [0.4, 0.5) is 0 Å². The summed E-state index contributed by atoms with van der Waals surface area (Å²) in [4.78, 5) is 17.0. The second-order valence-electron chi connectivity index (χ2n) is 8.44. The summed E-state index contributed by atoms with van der Waals surface area (Å²) < 4.78 is 16.6. The SMILES string of the molecule is COc1cc(/C=C/C(=O)NC(c2nc(C3CC3)no2)C(C)C)ccc1OCC(C)C. The van der Waals surface area contributed by atoms with Crippen molar-refractivity contribution in [1.82, 2.24) is 15.5 Å². The molecule has 3 rings (SSSR count). The Labute approximate surface area is 177 Å². The van der Waals surface area contributed by atoms with Crippen LogP contribution in [0.5, 0.6) is 11.5 Å². The van der Waals surface area contributed by atoms with Gasteiger partial charge in [0.05, 0.1) is 13.7 Å². The molecule has 0 saturated heterocycles. The van der Waals surface area contributed by atoms with E-state index >= 15 is 0 Å². The number of hydrogen-bond donors (Lipinski definition) is 1. The van der Waals surface area contributed by atoms with Crippen LogP contribution < -0.4 is 14.8 Å². The van der Waals surface area contributed by atoms with Crippen LogP contribution in [-0.2, 0) is 4.79 Å². The first-order valence-corrected chi connectivity index (χ1v) is 10.5. The van der Waals surface area contributed by atoms with Gasteiger partial charge in [0.2, 0.25) is 11.8 Å². The fourth-order valence-corrected chi connectivity index (χ4v) is 2.93. The second-order valence-corrected chi connectivity index (χ2v) is 8.44. The van der Waals surface area contributed by atoms with Gasteiger partial charge in [-0.2, -0.15) is 4.98 Å². The van der Waals surface area contributed by atoms with Gasteiger partial charge in [-0.3, -0.25) is 4.79 Å². The van der Waals surface area contributed by atoms with Gasteiger partial charge in [-0.1, -0.05) is 38.9 Å². The molecule has 1 aliphatic carbocycles. The molecule has 1 heterocycles. The van der Waals surface area contributed by atoms with Crippen molar-refractivity contribution in [1.29, 1.82) is 0 Å². The molecule has 1 aromatic heterocycles. The highest BCUT2D eigenvalue weighted by Crippen LogP contribution is 2.38. The third-order valence-electron chi connectivity index (χ3n) is 4.82. The smallest absolute Gasteiger partial charge is 0.249 e. The van der Waals surface area contributed by atoms with Gasteiger partial charge in [-0.25, -0.2) is 0 Å². The number of carbonyl (C=O) groups excluding carboxylic acids is 1. The molecule has 1 atom stereocenters. The van der Waals surface area contributed by atoms with E-state index in [-0.39, 0.29) is 17.9 Å². The molecule has 162 valence electrons. The Morgan fingerprint density at radius 1 is 1.27 bits per heavy atom. The minimum absolute atomic E-state index is 0.118. The maximum atomic E-state index is 12.5. The number of amides is 1. The molecule has 2 aromatic rings. The zero-order valence-corrected chi connectivity index (χ0v) is 18.3. The second kappa shape index (κ2) is 9.78. The van der Waals surface area contributed by atoms with Crippen LogP contribution in [0.25, 0.3) is 6.08 Å². The molecule has 1 unspecified atom stereocenters. The Hall–Kier alpha value is -2.83. The minimum atomic E-state index is -0.330. The molecule has 7 nitrogen and oxygen atoms in total. The third kappa shape index (κ3) is 5.84. The molecule has 1 saturated carbocycles. The summed E-state index contributed by atoms with van der Waals surface area (Å²) in [6.07, 6.45) is 5.44. The van der Waals surface area contributed by atoms with Gasteiger partial charge in [-0.15, -0.1) is 0 Å². The van der Waals surface area contributed by atoms with Crippen LogP contribution in [0.15, 0.2) is 28.8 Å². The molecule has 0 spiro atoms. The molecule has 0 bridgehead atoms. The first-order valence-electron chi connectivity index (χ1n) is 10.5. The average Bonchev–Trinajstić information content (AvgIpc) is 3.46. The van der Waals surface area contributed by atoms with Crippen molar-refractivity contribution in [3.8, 4) is 11.5 Å². The summed E-state index contributed by atoms with van der Waals surface area (Å²) in [5.41, 5.74) is 0.841. The molecule has 1 aliphatic rings. The molecule has 1 N–H and O–H groups in total. The zero-order chi connectivity index (χ0) is 21.7. The van der Waals surface area contributed by atoms with Crippen LogP contribution in [-0.4, -0.2) is 29.8 Å². The number of ether oxygens (including phenoxy) is 2. The summed E-state index contributed by atoms with van der Waals surface area (Å²) in [7, 11) is 1.60. The molecule has 30 heavy (non-hydrogen) atoms. The summed E-state index contributed by atoms with van der Waals surface area (Å²) in [5.74, 6) is 3.26. The van der Waals surface area contributed by atoms with Crippen molar-refractivity contribution in [2.24, 2.45) is 11.8 Å². The predicted octanol–water partition coefficient (Wildman–Crippen LogP) is 4.52. The quantitative estimate of drug-likeness (QED) is 0.577. The van der Waals surface area contributed by atoms with Crippen LogP contribution in [0, 0.1) is 11.8 Å². The summed E-state index contributed by atoms with van der Waals surface area (Å²) in [6.45, 7) is 8.82. The topological polar surface area (TPSA) is 86.5 Å². The Morgan fingerprint density at radius 3 is 2.67 bits per heavy atom. The van der Waals surface area contributed by atoms with E-state index in [9.17, 15) is 4.79 Å². The Morgan fingerprint density at radius 2 is 2.03 bits per heavy atom. The van der Waals surface area contributed by atoms with Crippen LogP contribution in [0.3, 0.4) is 0 Å². The van der Waals surface area contributed by atoms with E-state index < -0.39 is 0 Å². The monoisotopic (exact) mass is 413 g/mol. The van der Waals surface area contributed by atoms with Crippen molar-refractivity contribution in [2.75, 3.05) is 13.7 Å². The average molecular weight is 414 g/mol. The fraction of sp³-hybridized carbons (Fsp3) is 0.522. The van der Waals surface area contributed by atoms with E-state index in [2.05, 4.69) is 29.3 Å². The molecular formula is C23H31N3O4. The zero-order valence-electron chi connectivity index (χ0n) is 18.3. The van der Waals surface area contributed by atoms with Crippen LogP contribution in [0.1, 0.15) is 69.8 Å². The number of hydrogen-bond acceptors (Lipinski definition) is 6. The number of rotatable bonds is 10. The van der Waals surface area contributed by atoms with Crippen LogP contribution in [0.2, 0.25) is 0 Å². The molecule has 1 amide bonds. The van der Waals surface area contributed by atoms with Gasteiger partial charge in [0.1, 0.15) is 6.04 Å². The summed E-state index contributed by atoms with van der Waals surface area (Å²) >= 11 is 0. The fourth-order valence-electron chi connectivity index (χ4n) is 2.93. The van der Waals surface area contributed by atoms with Gasteiger partial charge < -0.3 is 19.3 Å². The number of benzene rings is 1.